The summed E-state index contributed by atoms with van der Waals surface area (Å²) in [5.74, 6) is -1.73. The first-order valence-corrected chi connectivity index (χ1v) is 14.5. The summed E-state index contributed by atoms with van der Waals surface area (Å²) in [7, 11) is 0. The fraction of sp³-hybridized carbons (Fsp3) is 0.121. The highest BCUT2D eigenvalue weighted by Gasteiger charge is 2.20. The highest BCUT2D eigenvalue weighted by atomic mass is 35.5. The molecule has 0 bridgehead atoms. The number of rotatable bonds is 10. The van der Waals surface area contributed by atoms with Crippen LogP contribution in [0.2, 0.25) is 5.02 Å². The van der Waals surface area contributed by atoms with Crippen molar-refractivity contribution in [3.05, 3.63) is 130 Å². The van der Waals surface area contributed by atoms with Crippen molar-refractivity contribution in [3.8, 4) is 0 Å². The average Bonchev–Trinajstić information content (AvgIpc) is 2.99. The van der Waals surface area contributed by atoms with Gasteiger partial charge in [-0.15, -0.1) is 11.8 Å². The van der Waals surface area contributed by atoms with Crippen molar-refractivity contribution in [2.45, 2.75) is 30.4 Å². The Labute approximate surface area is 253 Å². The van der Waals surface area contributed by atoms with Crippen LogP contribution in [0.3, 0.4) is 0 Å². The Morgan fingerprint density at radius 3 is 2.31 bits per heavy atom. The van der Waals surface area contributed by atoms with Gasteiger partial charge in [-0.05, 0) is 79.1 Å². The van der Waals surface area contributed by atoms with Gasteiger partial charge in [0.15, 0.2) is 0 Å². The minimum Gasteiger partial charge on any atom is -0.325 e. The quantitative estimate of drug-likeness (QED) is 0.128. The van der Waals surface area contributed by atoms with Crippen LogP contribution >= 0.6 is 23.4 Å². The normalized spacial score (nSPS) is 11.9. The Kier molecular flexibility index (Phi) is 10.5. The van der Waals surface area contributed by atoms with Crippen LogP contribution in [0.25, 0.3) is 6.08 Å². The van der Waals surface area contributed by atoms with Gasteiger partial charge in [0.05, 0.1) is 10.3 Å². The number of halogens is 2. The molecular formula is C33H29ClFN3O3S. The van der Waals surface area contributed by atoms with Crippen molar-refractivity contribution in [2.24, 2.45) is 0 Å². The van der Waals surface area contributed by atoms with E-state index in [0.717, 1.165) is 16.0 Å². The summed E-state index contributed by atoms with van der Waals surface area (Å²) in [5, 5.41) is 7.86. The molecule has 0 aromatic heterocycles. The first-order valence-electron chi connectivity index (χ1n) is 13.2. The smallest absolute Gasteiger partial charge is 0.272 e. The van der Waals surface area contributed by atoms with Crippen LogP contribution in [-0.2, 0) is 9.59 Å². The van der Waals surface area contributed by atoms with Gasteiger partial charge in [-0.3, -0.25) is 14.4 Å². The molecule has 0 spiro atoms. The minimum absolute atomic E-state index is 0.0762. The predicted octanol–water partition coefficient (Wildman–Crippen LogP) is 7.71. The van der Waals surface area contributed by atoms with E-state index < -0.39 is 22.9 Å². The van der Waals surface area contributed by atoms with Gasteiger partial charge in [-0.1, -0.05) is 67.1 Å². The van der Waals surface area contributed by atoms with Gasteiger partial charge in [-0.2, -0.15) is 0 Å². The summed E-state index contributed by atoms with van der Waals surface area (Å²) >= 11 is 7.17. The van der Waals surface area contributed by atoms with E-state index in [0.29, 0.717) is 23.4 Å². The second-order valence-electron chi connectivity index (χ2n) is 9.35. The summed E-state index contributed by atoms with van der Waals surface area (Å²) in [6.07, 6.45) is 2.17. The molecule has 0 saturated heterocycles. The van der Waals surface area contributed by atoms with Gasteiger partial charge in [0.1, 0.15) is 11.5 Å². The lowest BCUT2D eigenvalue weighted by molar-refractivity contribution is -0.116. The number of carbonyl (C=O) groups excluding carboxylic acids is 3. The Balaban J connectivity index is 1.50. The number of anilines is 2. The van der Waals surface area contributed by atoms with E-state index in [1.165, 1.54) is 30.0 Å². The van der Waals surface area contributed by atoms with Crippen LogP contribution < -0.4 is 16.0 Å². The lowest BCUT2D eigenvalue weighted by Crippen LogP contribution is -2.30. The van der Waals surface area contributed by atoms with Crippen LogP contribution in [0.4, 0.5) is 15.8 Å². The molecule has 0 radical (unpaired) electrons. The highest BCUT2D eigenvalue weighted by molar-refractivity contribution is 8.00. The molecule has 214 valence electrons. The molecular weight excluding hydrogens is 573 g/mol. The van der Waals surface area contributed by atoms with Crippen LogP contribution in [0.15, 0.2) is 108 Å². The fourth-order valence-electron chi connectivity index (χ4n) is 3.98. The molecule has 6 nitrogen and oxygen atoms in total. The Bertz CT molecular complexity index is 1630. The maximum atomic E-state index is 13.5. The number of hydrogen-bond acceptors (Lipinski definition) is 4. The fourth-order valence-corrected chi connectivity index (χ4v) is 5.17. The molecule has 0 heterocycles. The number of aryl methyl sites for hydroxylation is 1. The van der Waals surface area contributed by atoms with E-state index >= 15 is 0 Å². The van der Waals surface area contributed by atoms with Crippen LogP contribution in [0.5, 0.6) is 0 Å². The number of thioether (sulfide) groups is 1. The van der Waals surface area contributed by atoms with E-state index in [1.807, 2.05) is 50.2 Å². The molecule has 0 saturated carbocycles. The largest absolute Gasteiger partial charge is 0.325 e. The Morgan fingerprint density at radius 1 is 0.881 bits per heavy atom. The topological polar surface area (TPSA) is 87.3 Å². The van der Waals surface area contributed by atoms with Crippen LogP contribution in [0, 0.1) is 12.7 Å². The van der Waals surface area contributed by atoms with E-state index in [9.17, 15) is 18.8 Å². The zero-order chi connectivity index (χ0) is 30.1. The van der Waals surface area contributed by atoms with Gasteiger partial charge >= 0.3 is 0 Å². The maximum Gasteiger partial charge on any atom is 0.272 e. The summed E-state index contributed by atoms with van der Waals surface area (Å²) in [5.41, 5.74) is 3.14. The third kappa shape index (κ3) is 8.31. The third-order valence-electron chi connectivity index (χ3n) is 6.24. The zero-order valence-electron chi connectivity index (χ0n) is 23.0. The molecule has 4 aromatic carbocycles. The van der Waals surface area contributed by atoms with Gasteiger partial charge in [0.2, 0.25) is 5.91 Å². The van der Waals surface area contributed by atoms with Crippen molar-refractivity contribution in [2.75, 3.05) is 10.6 Å². The summed E-state index contributed by atoms with van der Waals surface area (Å²) in [6.45, 7) is 3.81. The van der Waals surface area contributed by atoms with Gasteiger partial charge in [0, 0.05) is 21.8 Å². The standard InChI is InChI=1S/C33H29ClFN3O3S/c1-3-30(33(41)37-25-16-17-28(35)27(34)20-25)42-26-15-9-14-24(19-26)36-32(40)29(18-23-13-8-7-10-21(23)2)38-31(39)22-11-5-4-6-12-22/h4-20,30H,3H2,1-2H3,(H,36,40)(H,37,41)(H,38,39)/b29-18-. The van der Waals surface area contributed by atoms with Crippen LogP contribution in [-0.4, -0.2) is 23.0 Å². The van der Waals surface area contributed by atoms with Gasteiger partial charge < -0.3 is 16.0 Å². The lowest BCUT2D eigenvalue weighted by atomic mass is 10.1. The number of hydrogen-bond donors (Lipinski definition) is 3. The summed E-state index contributed by atoms with van der Waals surface area (Å²) in [4.78, 5) is 40.1. The third-order valence-corrected chi connectivity index (χ3v) is 7.89. The van der Waals surface area contributed by atoms with E-state index in [4.69, 9.17) is 11.6 Å². The molecule has 3 amide bonds. The van der Waals surface area contributed by atoms with Crippen molar-refractivity contribution in [1.82, 2.24) is 5.32 Å². The van der Waals surface area contributed by atoms with E-state index in [2.05, 4.69) is 16.0 Å². The second-order valence-corrected chi connectivity index (χ2v) is 11.0. The molecule has 1 unspecified atom stereocenters. The maximum absolute atomic E-state index is 13.5. The Hall–Kier alpha value is -4.40. The monoisotopic (exact) mass is 601 g/mol. The van der Waals surface area contributed by atoms with Crippen LogP contribution in [0.1, 0.15) is 34.8 Å². The van der Waals surface area contributed by atoms with Gasteiger partial charge in [-0.25, -0.2) is 4.39 Å². The molecule has 0 fully saturated rings. The van der Waals surface area contributed by atoms with Crippen molar-refractivity contribution in [1.29, 1.82) is 0 Å². The molecule has 0 aliphatic rings. The molecule has 9 heteroatoms. The average molecular weight is 602 g/mol. The molecule has 4 aromatic rings. The van der Waals surface area contributed by atoms with E-state index in [1.54, 1.807) is 48.5 Å². The number of nitrogens with one attached hydrogen (secondary N) is 3. The molecule has 4 rings (SSSR count). The molecule has 0 aliphatic heterocycles. The highest BCUT2D eigenvalue weighted by Crippen LogP contribution is 2.29. The van der Waals surface area contributed by atoms with Crippen molar-refractivity contribution in [3.63, 3.8) is 0 Å². The molecule has 3 N–H and O–H groups in total. The number of benzene rings is 4. The molecule has 1 atom stereocenters. The van der Waals surface area contributed by atoms with E-state index in [-0.39, 0.29) is 16.6 Å². The molecule has 0 aliphatic carbocycles. The zero-order valence-corrected chi connectivity index (χ0v) is 24.6. The number of carbonyl (C=O) groups is 3. The predicted molar refractivity (Wildman–Crippen MR) is 168 cm³/mol. The first kappa shape index (κ1) is 30.6. The lowest BCUT2D eigenvalue weighted by Gasteiger charge is -2.16. The SMILES string of the molecule is CCC(Sc1cccc(NC(=O)/C(=C/c2ccccc2C)NC(=O)c2ccccc2)c1)C(=O)Nc1ccc(F)c(Cl)c1. The van der Waals surface area contributed by atoms with Crippen molar-refractivity contribution < 1.29 is 18.8 Å². The first-order chi connectivity index (χ1) is 20.2. The number of amides is 3. The summed E-state index contributed by atoms with van der Waals surface area (Å²) in [6, 6.07) is 27.3. The van der Waals surface area contributed by atoms with Gasteiger partial charge in [0.25, 0.3) is 11.8 Å². The molecule has 42 heavy (non-hydrogen) atoms. The summed E-state index contributed by atoms with van der Waals surface area (Å²) < 4.78 is 13.5. The van der Waals surface area contributed by atoms with Crippen molar-refractivity contribution >= 4 is 58.5 Å². The second kappa shape index (κ2) is 14.5. The minimum atomic E-state index is -0.563. The Morgan fingerprint density at radius 2 is 1.60 bits per heavy atom.